The molecule has 0 saturated carbocycles. The van der Waals surface area contributed by atoms with Gasteiger partial charge in [0.15, 0.2) is 0 Å². The van der Waals surface area contributed by atoms with Crippen molar-refractivity contribution in [2.75, 3.05) is 5.32 Å². The summed E-state index contributed by atoms with van der Waals surface area (Å²) in [6.07, 6.45) is 1.82. The summed E-state index contributed by atoms with van der Waals surface area (Å²) in [5, 5.41) is 11.6. The SMILES string of the molecule is O=C(Cc1c(Cl)cccc1Cl)Nc1cccc2cn[nH]c12. The first-order valence-electron chi connectivity index (χ1n) is 6.30. The van der Waals surface area contributed by atoms with E-state index in [1.165, 1.54) is 0 Å². The Morgan fingerprint density at radius 2 is 1.86 bits per heavy atom. The summed E-state index contributed by atoms with van der Waals surface area (Å²) in [5.74, 6) is -0.188. The summed E-state index contributed by atoms with van der Waals surface area (Å²) in [5.41, 5.74) is 2.09. The smallest absolute Gasteiger partial charge is 0.228 e. The lowest BCUT2D eigenvalue weighted by atomic mass is 10.1. The molecule has 0 unspecified atom stereocenters. The molecule has 0 radical (unpaired) electrons. The molecule has 3 rings (SSSR count). The minimum Gasteiger partial charge on any atom is -0.324 e. The molecular weight excluding hydrogens is 309 g/mol. The third-order valence-electron chi connectivity index (χ3n) is 3.15. The molecule has 1 heterocycles. The number of aromatic amines is 1. The van der Waals surface area contributed by atoms with Crippen molar-refractivity contribution in [2.45, 2.75) is 6.42 Å². The van der Waals surface area contributed by atoms with Crippen LogP contribution in [0, 0.1) is 0 Å². The molecular formula is C15H11Cl2N3O. The summed E-state index contributed by atoms with van der Waals surface area (Å²) in [6, 6.07) is 10.8. The van der Waals surface area contributed by atoms with Crippen molar-refractivity contribution in [2.24, 2.45) is 0 Å². The number of nitrogens with one attached hydrogen (secondary N) is 2. The standard InChI is InChI=1S/C15H11Cl2N3O/c16-11-4-2-5-12(17)10(11)7-14(21)19-13-6-1-3-9-8-18-20-15(9)13/h1-6,8H,7H2,(H,18,20)(H,19,21). The Balaban J connectivity index is 1.82. The minimum atomic E-state index is -0.188. The number of amides is 1. The number of carbonyl (C=O) groups is 1. The van der Waals surface area contributed by atoms with Crippen molar-refractivity contribution in [1.29, 1.82) is 0 Å². The molecule has 21 heavy (non-hydrogen) atoms. The Bertz CT molecular complexity index is 793. The number of fused-ring (bicyclic) bond motifs is 1. The molecule has 3 aromatic rings. The van der Waals surface area contributed by atoms with Crippen LogP contribution in [0.4, 0.5) is 5.69 Å². The molecule has 6 heteroatoms. The monoisotopic (exact) mass is 319 g/mol. The van der Waals surface area contributed by atoms with E-state index in [0.717, 1.165) is 10.9 Å². The first-order valence-corrected chi connectivity index (χ1v) is 7.05. The molecule has 4 nitrogen and oxygen atoms in total. The highest BCUT2D eigenvalue weighted by molar-refractivity contribution is 6.36. The van der Waals surface area contributed by atoms with Crippen LogP contribution in [0.1, 0.15) is 5.56 Å². The van der Waals surface area contributed by atoms with Crippen LogP contribution in [-0.2, 0) is 11.2 Å². The van der Waals surface area contributed by atoms with Crippen molar-refractivity contribution in [3.63, 3.8) is 0 Å². The number of rotatable bonds is 3. The summed E-state index contributed by atoms with van der Waals surface area (Å²) >= 11 is 12.1. The van der Waals surface area contributed by atoms with Gasteiger partial charge in [0.2, 0.25) is 5.91 Å². The lowest BCUT2D eigenvalue weighted by Gasteiger charge is -2.08. The van der Waals surface area contributed by atoms with E-state index >= 15 is 0 Å². The number of carbonyl (C=O) groups excluding carboxylic acids is 1. The van der Waals surface area contributed by atoms with Crippen LogP contribution in [-0.4, -0.2) is 16.1 Å². The molecule has 0 atom stereocenters. The van der Waals surface area contributed by atoms with Crippen molar-refractivity contribution >= 4 is 45.7 Å². The summed E-state index contributed by atoms with van der Waals surface area (Å²) in [6.45, 7) is 0. The van der Waals surface area contributed by atoms with Gasteiger partial charge in [0.25, 0.3) is 0 Å². The topological polar surface area (TPSA) is 57.8 Å². The maximum Gasteiger partial charge on any atom is 0.228 e. The lowest BCUT2D eigenvalue weighted by Crippen LogP contribution is -2.15. The molecule has 1 amide bonds. The molecule has 0 spiro atoms. The summed E-state index contributed by atoms with van der Waals surface area (Å²) < 4.78 is 0. The minimum absolute atomic E-state index is 0.114. The van der Waals surface area contributed by atoms with Crippen LogP contribution in [0.5, 0.6) is 0 Å². The molecule has 106 valence electrons. The molecule has 0 fully saturated rings. The van der Waals surface area contributed by atoms with E-state index in [2.05, 4.69) is 15.5 Å². The van der Waals surface area contributed by atoms with Gasteiger partial charge in [0, 0.05) is 15.4 Å². The van der Waals surface area contributed by atoms with Crippen LogP contribution < -0.4 is 5.32 Å². The average molecular weight is 320 g/mol. The highest BCUT2D eigenvalue weighted by Crippen LogP contribution is 2.26. The first-order chi connectivity index (χ1) is 10.1. The second kappa shape index (κ2) is 5.76. The number of benzene rings is 2. The fourth-order valence-electron chi connectivity index (χ4n) is 2.13. The maximum absolute atomic E-state index is 12.2. The Morgan fingerprint density at radius 3 is 2.62 bits per heavy atom. The number of anilines is 1. The predicted molar refractivity (Wildman–Crippen MR) is 84.9 cm³/mol. The molecule has 0 saturated heterocycles. The molecule has 0 aliphatic heterocycles. The zero-order chi connectivity index (χ0) is 14.8. The van der Waals surface area contributed by atoms with Gasteiger partial charge in [-0.15, -0.1) is 0 Å². The largest absolute Gasteiger partial charge is 0.324 e. The lowest BCUT2D eigenvalue weighted by molar-refractivity contribution is -0.115. The van der Waals surface area contributed by atoms with E-state index in [1.807, 2.05) is 18.2 Å². The van der Waals surface area contributed by atoms with E-state index in [4.69, 9.17) is 23.2 Å². The van der Waals surface area contributed by atoms with Gasteiger partial charge in [-0.05, 0) is 23.8 Å². The van der Waals surface area contributed by atoms with E-state index < -0.39 is 0 Å². The molecule has 2 aromatic carbocycles. The van der Waals surface area contributed by atoms with Crippen molar-refractivity contribution in [3.8, 4) is 0 Å². The van der Waals surface area contributed by atoms with Crippen molar-refractivity contribution in [3.05, 3.63) is 58.2 Å². The van der Waals surface area contributed by atoms with Gasteiger partial charge in [0.05, 0.1) is 23.8 Å². The van der Waals surface area contributed by atoms with Gasteiger partial charge in [0.1, 0.15) is 0 Å². The predicted octanol–water partition coefficient (Wildman–Crippen LogP) is 4.05. The Labute approximate surface area is 131 Å². The summed E-state index contributed by atoms with van der Waals surface area (Å²) in [7, 11) is 0. The zero-order valence-electron chi connectivity index (χ0n) is 10.9. The maximum atomic E-state index is 12.2. The fraction of sp³-hybridized carbons (Fsp3) is 0.0667. The molecule has 0 aliphatic carbocycles. The van der Waals surface area contributed by atoms with Crippen LogP contribution in [0.2, 0.25) is 10.0 Å². The number of hydrogen-bond acceptors (Lipinski definition) is 2. The van der Waals surface area contributed by atoms with Crippen molar-refractivity contribution in [1.82, 2.24) is 10.2 Å². The molecule has 1 aromatic heterocycles. The van der Waals surface area contributed by atoms with E-state index in [0.29, 0.717) is 21.3 Å². The zero-order valence-corrected chi connectivity index (χ0v) is 12.4. The number of H-pyrrole nitrogens is 1. The van der Waals surface area contributed by atoms with E-state index in [-0.39, 0.29) is 12.3 Å². The van der Waals surface area contributed by atoms with Gasteiger partial charge in [-0.25, -0.2) is 0 Å². The first kappa shape index (κ1) is 13.9. The highest BCUT2D eigenvalue weighted by atomic mass is 35.5. The van der Waals surface area contributed by atoms with Crippen LogP contribution in [0.15, 0.2) is 42.6 Å². The number of aromatic nitrogens is 2. The number of halogens is 2. The van der Waals surface area contributed by atoms with Crippen molar-refractivity contribution < 1.29 is 4.79 Å². The molecule has 2 N–H and O–H groups in total. The average Bonchev–Trinajstić information content (AvgIpc) is 2.93. The van der Waals surface area contributed by atoms with Gasteiger partial charge >= 0.3 is 0 Å². The van der Waals surface area contributed by atoms with Crippen LogP contribution in [0.25, 0.3) is 10.9 Å². The summed E-state index contributed by atoms with van der Waals surface area (Å²) in [4.78, 5) is 12.2. The van der Waals surface area contributed by atoms with Crippen LogP contribution >= 0.6 is 23.2 Å². The van der Waals surface area contributed by atoms with Gasteiger partial charge in [-0.1, -0.05) is 41.4 Å². The molecule has 0 bridgehead atoms. The van der Waals surface area contributed by atoms with E-state index in [1.54, 1.807) is 24.4 Å². The Kier molecular flexibility index (Phi) is 3.82. The highest BCUT2D eigenvalue weighted by Gasteiger charge is 2.12. The normalized spacial score (nSPS) is 10.8. The Morgan fingerprint density at radius 1 is 1.14 bits per heavy atom. The Hall–Kier alpha value is -2.04. The van der Waals surface area contributed by atoms with Gasteiger partial charge < -0.3 is 5.32 Å². The second-order valence-electron chi connectivity index (χ2n) is 4.56. The third kappa shape index (κ3) is 2.86. The van der Waals surface area contributed by atoms with Crippen LogP contribution in [0.3, 0.4) is 0 Å². The van der Waals surface area contributed by atoms with E-state index in [9.17, 15) is 4.79 Å². The van der Waals surface area contributed by atoms with Gasteiger partial charge in [-0.3, -0.25) is 9.89 Å². The molecule has 0 aliphatic rings. The van der Waals surface area contributed by atoms with Gasteiger partial charge in [-0.2, -0.15) is 5.10 Å². The fourth-order valence-corrected chi connectivity index (χ4v) is 2.66. The number of nitrogens with zero attached hydrogens (tertiary/aromatic N) is 1. The number of hydrogen-bond donors (Lipinski definition) is 2. The second-order valence-corrected chi connectivity index (χ2v) is 5.38. The third-order valence-corrected chi connectivity index (χ3v) is 3.86. The quantitative estimate of drug-likeness (QED) is 0.765. The number of para-hydroxylation sites is 1.